The summed E-state index contributed by atoms with van der Waals surface area (Å²) >= 11 is 0. The molecular weight excluding hydrogens is 474 g/mol. The monoisotopic (exact) mass is 503 g/mol. The summed E-state index contributed by atoms with van der Waals surface area (Å²) in [6, 6.07) is 8.55. The Labute approximate surface area is 212 Å². The van der Waals surface area contributed by atoms with Crippen molar-refractivity contribution in [2.24, 2.45) is 13.0 Å². The summed E-state index contributed by atoms with van der Waals surface area (Å²) in [5, 5.41) is 25.6. The van der Waals surface area contributed by atoms with Crippen molar-refractivity contribution in [1.82, 2.24) is 34.7 Å². The molecule has 192 valence electrons. The van der Waals surface area contributed by atoms with Crippen molar-refractivity contribution < 1.29 is 14.0 Å². The molecule has 12 heteroatoms. The molecule has 1 fully saturated rings. The molecule has 4 heterocycles. The van der Waals surface area contributed by atoms with Crippen LogP contribution in [0.2, 0.25) is 0 Å². The highest BCUT2D eigenvalue weighted by Gasteiger charge is 2.22. The van der Waals surface area contributed by atoms with Crippen LogP contribution in [0.15, 0.2) is 40.9 Å². The van der Waals surface area contributed by atoms with Crippen LogP contribution in [0.5, 0.6) is 0 Å². The van der Waals surface area contributed by atoms with Gasteiger partial charge < -0.3 is 20.0 Å². The Morgan fingerprint density at radius 3 is 2.68 bits per heavy atom. The number of carbonyl (C=O) groups is 2. The minimum absolute atomic E-state index is 0.0484. The minimum Gasteiger partial charge on any atom is -0.424 e. The van der Waals surface area contributed by atoms with Crippen LogP contribution in [-0.4, -0.2) is 61.3 Å². The van der Waals surface area contributed by atoms with E-state index < -0.39 is 5.91 Å². The van der Waals surface area contributed by atoms with Crippen molar-refractivity contribution in [3.05, 3.63) is 59.2 Å². The first-order valence-corrected chi connectivity index (χ1v) is 12.1. The first-order chi connectivity index (χ1) is 17.8. The van der Waals surface area contributed by atoms with Crippen molar-refractivity contribution in [1.29, 1.82) is 10.8 Å². The smallest absolute Gasteiger partial charge is 0.294 e. The number of hydrogen-bond acceptors (Lipinski definition) is 7. The number of rotatable bonds is 6. The summed E-state index contributed by atoms with van der Waals surface area (Å²) in [5.41, 5.74) is 3.01. The van der Waals surface area contributed by atoms with Crippen LogP contribution in [-0.2, 0) is 13.6 Å². The molecule has 0 unspecified atom stereocenters. The molecule has 2 amide bonds. The zero-order chi connectivity index (χ0) is 26.1. The molecule has 12 nitrogen and oxygen atoms in total. The fourth-order valence-electron chi connectivity index (χ4n) is 4.57. The normalized spacial score (nSPS) is 14.3. The number of aromatic nitrogens is 4. The fraction of sp³-hybridized carbons (Fsp3) is 0.360. The SMILES string of the molecule is CC(=N)N1CCC(CNC(=O)c2cc(C(=O)NCc3ccc4oc(=N)n(C)c4c3)nc3ccnn23)CC1. The lowest BCUT2D eigenvalue weighted by molar-refractivity contribution is 0.0933. The van der Waals surface area contributed by atoms with Gasteiger partial charge in [0.05, 0.1) is 17.5 Å². The summed E-state index contributed by atoms with van der Waals surface area (Å²) in [6.07, 6.45) is 3.35. The molecule has 1 aliphatic rings. The van der Waals surface area contributed by atoms with Gasteiger partial charge in [0.25, 0.3) is 17.5 Å². The number of amidine groups is 1. The van der Waals surface area contributed by atoms with E-state index in [2.05, 4.69) is 20.7 Å². The van der Waals surface area contributed by atoms with Gasteiger partial charge in [0.2, 0.25) is 0 Å². The van der Waals surface area contributed by atoms with E-state index in [0.29, 0.717) is 29.5 Å². The molecule has 4 aromatic rings. The van der Waals surface area contributed by atoms with Crippen LogP contribution in [0.4, 0.5) is 0 Å². The van der Waals surface area contributed by atoms with E-state index in [9.17, 15) is 9.59 Å². The van der Waals surface area contributed by atoms with Crippen molar-refractivity contribution in [3.8, 4) is 0 Å². The maximum absolute atomic E-state index is 13.1. The van der Waals surface area contributed by atoms with E-state index >= 15 is 0 Å². The van der Waals surface area contributed by atoms with Crippen LogP contribution in [0.1, 0.15) is 46.3 Å². The lowest BCUT2D eigenvalue weighted by Crippen LogP contribution is -2.40. The summed E-state index contributed by atoms with van der Waals surface area (Å²) in [6.45, 7) is 4.18. The average Bonchev–Trinajstić information content (AvgIpc) is 3.49. The van der Waals surface area contributed by atoms with Crippen LogP contribution in [0.3, 0.4) is 0 Å². The van der Waals surface area contributed by atoms with Crippen molar-refractivity contribution in [2.45, 2.75) is 26.3 Å². The highest BCUT2D eigenvalue weighted by Crippen LogP contribution is 2.17. The topological polar surface area (TPSA) is 157 Å². The van der Waals surface area contributed by atoms with Crippen molar-refractivity contribution >= 4 is 34.4 Å². The van der Waals surface area contributed by atoms with E-state index in [0.717, 1.165) is 37.0 Å². The van der Waals surface area contributed by atoms with E-state index in [1.807, 2.05) is 17.0 Å². The first kappa shape index (κ1) is 24.2. The standard InChI is InChI=1S/C25H29N9O3/c1-15(26)33-9-6-16(7-10-33)13-29-24(36)20-12-18(31-22-5-8-30-34(20)22)23(35)28-14-17-3-4-21-19(11-17)32(2)25(27)37-21/h3-5,8,11-12,16,26-27H,6-7,9-10,13-14H2,1-2H3,(H,28,35)(H,29,36). The molecule has 1 saturated heterocycles. The predicted molar refractivity (Wildman–Crippen MR) is 135 cm³/mol. The number of piperidine rings is 1. The summed E-state index contributed by atoms with van der Waals surface area (Å²) in [4.78, 5) is 32.5. The average molecular weight is 504 g/mol. The lowest BCUT2D eigenvalue weighted by atomic mass is 9.96. The lowest BCUT2D eigenvalue weighted by Gasteiger charge is -2.32. The molecule has 0 atom stereocenters. The van der Waals surface area contributed by atoms with E-state index in [-0.39, 0.29) is 29.5 Å². The van der Waals surface area contributed by atoms with Crippen LogP contribution >= 0.6 is 0 Å². The second kappa shape index (κ2) is 9.88. The number of carbonyl (C=O) groups excluding carboxylic acids is 2. The second-order valence-corrected chi connectivity index (χ2v) is 9.30. The Bertz CT molecular complexity index is 1560. The fourth-order valence-corrected chi connectivity index (χ4v) is 4.57. The van der Waals surface area contributed by atoms with Gasteiger partial charge in [0.1, 0.15) is 11.4 Å². The number of benzene rings is 1. The molecule has 0 radical (unpaired) electrons. The number of nitrogens with zero attached hydrogens (tertiary/aromatic N) is 5. The molecule has 1 aromatic carbocycles. The molecule has 5 rings (SSSR count). The third kappa shape index (κ3) is 4.95. The molecule has 3 aromatic heterocycles. The zero-order valence-corrected chi connectivity index (χ0v) is 20.7. The van der Waals surface area contributed by atoms with Crippen LogP contribution < -0.4 is 16.3 Å². The molecule has 0 bridgehead atoms. The highest BCUT2D eigenvalue weighted by molar-refractivity contribution is 5.98. The van der Waals surface area contributed by atoms with Gasteiger partial charge in [0, 0.05) is 45.4 Å². The summed E-state index contributed by atoms with van der Waals surface area (Å²) < 4.78 is 8.42. The zero-order valence-electron chi connectivity index (χ0n) is 20.7. The van der Waals surface area contributed by atoms with Gasteiger partial charge in [-0.2, -0.15) is 5.10 Å². The third-order valence-corrected chi connectivity index (χ3v) is 6.81. The van der Waals surface area contributed by atoms with Crippen molar-refractivity contribution in [2.75, 3.05) is 19.6 Å². The Morgan fingerprint density at radius 1 is 1.14 bits per heavy atom. The Morgan fingerprint density at radius 2 is 1.92 bits per heavy atom. The number of fused-ring (bicyclic) bond motifs is 2. The van der Waals surface area contributed by atoms with Gasteiger partial charge in [-0.3, -0.25) is 25.0 Å². The van der Waals surface area contributed by atoms with Crippen molar-refractivity contribution in [3.63, 3.8) is 0 Å². The van der Waals surface area contributed by atoms with Gasteiger partial charge in [-0.25, -0.2) is 9.50 Å². The predicted octanol–water partition coefficient (Wildman–Crippen LogP) is 1.66. The molecule has 0 aliphatic carbocycles. The Balaban J connectivity index is 1.27. The van der Waals surface area contributed by atoms with Gasteiger partial charge in [-0.1, -0.05) is 6.07 Å². The molecule has 37 heavy (non-hydrogen) atoms. The van der Waals surface area contributed by atoms with E-state index in [4.69, 9.17) is 15.2 Å². The maximum Gasteiger partial charge on any atom is 0.294 e. The van der Waals surface area contributed by atoms with Gasteiger partial charge >= 0.3 is 0 Å². The number of nitrogens with one attached hydrogen (secondary N) is 4. The molecule has 0 spiro atoms. The highest BCUT2D eigenvalue weighted by atomic mass is 16.3. The molecule has 4 N–H and O–H groups in total. The van der Waals surface area contributed by atoms with Gasteiger partial charge in [0.15, 0.2) is 11.2 Å². The minimum atomic E-state index is -0.412. The summed E-state index contributed by atoms with van der Waals surface area (Å²) in [5.74, 6) is 0.173. The largest absolute Gasteiger partial charge is 0.424 e. The van der Waals surface area contributed by atoms with Gasteiger partial charge in [-0.15, -0.1) is 0 Å². The quantitative estimate of drug-likeness (QED) is 0.231. The number of amides is 2. The van der Waals surface area contributed by atoms with E-state index in [1.54, 1.807) is 30.7 Å². The maximum atomic E-state index is 13.1. The number of likely N-dealkylation sites (tertiary alicyclic amines) is 1. The first-order valence-electron chi connectivity index (χ1n) is 12.1. The van der Waals surface area contributed by atoms with E-state index in [1.165, 1.54) is 16.8 Å². The third-order valence-electron chi connectivity index (χ3n) is 6.81. The number of oxazole rings is 1. The Hall–Kier alpha value is -4.48. The number of hydrogen-bond donors (Lipinski definition) is 4. The second-order valence-electron chi connectivity index (χ2n) is 9.30. The summed E-state index contributed by atoms with van der Waals surface area (Å²) in [7, 11) is 1.74. The molecular formula is C25H29N9O3. The van der Waals surface area contributed by atoms with Gasteiger partial charge in [-0.05, 0) is 43.4 Å². The van der Waals surface area contributed by atoms with Crippen LogP contribution in [0, 0.1) is 16.7 Å². The van der Waals surface area contributed by atoms with Crippen LogP contribution in [0.25, 0.3) is 16.7 Å². The molecule has 1 aliphatic heterocycles. The Kier molecular flexibility index (Phi) is 6.47. The molecule has 0 saturated carbocycles. The number of aryl methyl sites for hydroxylation is 1.